The number of nitrogens with one attached hydrogen (secondary N) is 1. The van der Waals surface area contributed by atoms with E-state index in [2.05, 4.69) is 50.4 Å². The summed E-state index contributed by atoms with van der Waals surface area (Å²) in [6.45, 7) is 7.99. The van der Waals surface area contributed by atoms with Gasteiger partial charge in [-0.05, 0) is 49.3 Å². The average molecular weight is 273 g/mol. The van der Waals surface area contributed by atoms with Crippen LogP contribution in [0.5, 0.6) is 0 Å². The van der Waals surface area contributed by atoms with Crippen molar-refractivity contribution in [3.8, 4) is 0 Å². The normalized spacial score (nSPS) is 19.0. The van der Waals surface area contributed by atoms with E-state index >= 15 is 0 Å². The Bertz CT molecular complexity index is 371. The highest BCUT2D eigenvalue weighted by Crippen LogP contribution is 2.23. The molecule has 1 aliphatic rings. The molecule has 1 saturated carbocycles. The van der Waals surface area contributed by atoms with E-state index in [9.17, 15) is 0 Å². The maximum absolute atomic E-state index is 3.75. The van der Waals surface area contributed by atoms with Gasteiger partial charge >= 0.3 is 0 Å². The fraction of sp³-hybridized carbons (Fsp3) is 0.684. The SMILES string of the molecule is CC(C)c1ccc(C(C)NCC2CCCCCC2)cc1. The van der Waals surface area contributed by atoms with Crippen LogP contribution in [-0.4, -0.2) is 6.54 Å². The summed E-state index contributed by atoms with van der Waals surface area (Å²) in [5.74, 6) is 1.52. The van der Waals surface area contributed by atoms with E-state index in [4.69, 9.17) is 0 Å². The summed E-state index contributed by atoms with van der Waals surface area (Å²) in [5.41, 5.74) is 2.85. The van der Waals surface area contributed by atoms with Crippen molar-refractivity contribution in [3.63, 3.8) is 0 Å². The molecule has 1 aromatic carbocycles. The Balaban J connectivity index is 1.82. The lowest BCUT2D eigenvalue weighted by Gasteiger charge is -2.20. The summed E-state index contributed by atoms with van der Waals surface area (Å²) in [6.07, 6.45) is 8.61. The summed E-state index contributed by atoms with van der Waals surface area (Å²) < 4.78 is 0. The van der Waals surface area contributed by atoms with Gasteiger partial charge in [0.1, 0.15) is 0 Å². The van der Waals surface area contributed by atoms with E-state index in [-0.39, 0.29) is 0 Å². The van der Waals surface area contributed by atoms with Gasteiger partial charge in [0.2, 0.25) is 0 Å². The third-order valence-corrected chi connectivity index (χ3v) is 4.79. The van der Waals surface area contributed by atoms with Crippen molar-refractivity contribution in [2.24, 2.45) is 5.92 Å². The average Bonchev–Trinajstić information content (AvgIpc) is 2.73. The summed E-state index contributed by atoms with van der Waals surface area (Å²) in [5, 5.41) is 3.75. The highest BCUT2D eigenvalue weighted by molar-refractivity contribution is 5.26. The van der Waals surface area contributed by atoms with Crippen LogP contribution in [0.4, 0.5) is 0 Å². The molecule has 0 aliphatic heterocycles. The van der Waals surface area contributed by atoms with Gasteiger partial charge in [-0.3, -0.25) is 0 Å². The second-order valence-corrected chi connectivity index (χ2v) is 6.81. The second-order valence-electron chi connectivity index (χ2n) is 6.81. The maximum Gasteiger partial charge on any atom is 0.0291 e. The molecule has 2 rings (SSSR count). The second kappa shape index (κ2) is 7.83. The minimum Gasteiger partial charge on any atom is -0.310 e. The molecule has 0 aromatic heterocycles. The van der Waals surface area contributed by atoms with Gasteiger partial charge in [0.05, 0.1) is 0 Å². The quantitative estimate of drug-likeness (QED) is 0.705. The van der Waals surface area contributed by atoms with Gasteiger partial charge in [0.25, 0.3) is 0 Å². The van der Waals surface area contributed by atoms with Crippen molar-refractivity contribution in [1.29, 1.82) is 0 Å². The third kappa shape index (κ3) is 4.63. The van der Waals surface area contributed by atoms with E-state index in [1.54, 1.807) is 0 Å². The Kier molecular flexibility index (Phi) is 6.09. The number of hydrogen-bond donors (Lipinski definition) is 1. The van der Waals surface area contributed by atoms with Gasteiger partial charge in [-0.25, -0.2) is 0 Å². The molecule has 0 amide bonds. The van der Waals surface area contributed by atoms with Crippen LogP contribution in [0.1, 0.15) is 82.4 Å². The molecule has 1 aromatic rings. The number of hydrogen-bond acceptors (Lipinski definition) is 1. The summed E-state index contributed by atoms with van der Waals surface area (Å²) in [4.78, 5) is 0. The third-order valence-electron chi connectivity index (χ3n) is 4.79. The van der Waals surface area contributed by atoms with Gasteiger partial charge in [0, 0.05) is 6.04 Å². The molecule has 1 N–H and O–H groups in total. The highest BCUT2D eigenvalue weighted by atomic mass is 14.9. The Morgan fingerprint density at radius 2 is 1.45 bits per heavy atom. The predicted octanol–water partition coefficient (Wildman–Crippen LogP) is 5.43. The zero-order valence-corrected chi connectivity index (χ0v) is 13.5. The molecule has 1 atom stereocenters. The zero-order chi connectivity index (χ0) is 14.4. The van der Waals surface area contributed by atoms with Crippen LogP contribution in [0.2, 0.25) is 0 Å². The zero-order valence-electron chi connectivity index (χ0n) is 13.5. The number of benzene rings is 1. The van der Waals surface area contributed by atoms with Crippen molar-refractivity contribution in [1.82, 2.24) is 5.32 Å². The lowest BCUT2D eigenvalue weighted by atomic mass is 9.98. The standard InChI is InChI=1S/C19H31N/c1-15(2)18-10-12-19(13-11-18)16(3)20-14-17-8-6-4-5-7-9-17/h10-13,15-17,20H,4-9,14H2,1-3H3. The maximum atomic E-state index is 3.75. The molecule has 1 aliphatic carbocycles. The first-order chi connectivity index (χ1) is 9.66. The van der Waals surface area contributed by atoms with Crippen LogP contribution in [0, 0.1) is 5.92 Å². The molecular formula is C19H31N. The molecule has 1 heteroatoms. The molecular weight excluding hydrogens is 242 g/mol. The first-order valence-corrected chi connectivity index (χ1v) is 8.50. The first kappa shape index (κ1) is 15.6. The highest BCUT2D eigenvalue weighted by Gasteiger charge is 2.13. The van der Waals surface area contributed by atoms with Crippen molar-refractivity contribution in [3.05, 3.63) is 35.4 Å². The molecule has 0 saturated heterocycles. The van der Waals surface area contributed by atoms with E-state index in [0.29, 0.717) is 12.0 Å². The Morgan fingerprint density at radius 1 is 0.900 bits per heavy atom. The van der Waals surface area contributed by atoms with E-state index in [0.717, 1.165) is 5.92 Å². The number of rotatable bonds is 5. The molecule has 20 heavy (non-hydrogen) atoms. The van der Waals surface area contributed by atoms with Crippen molar-refractivity contribution in [2.75, 3.05) is 6.54 Å². The van der Waals surface area contributed by atoms with Crippen molar-refractivity contribution < 1.29 is 0 Å². The van der Waals surface area contributed by atoms with Gasteiger partial charge in [-0.2, -0.15) is 0 Å². The Morgan fingerprint density at radius 3 is 2.00 bits per heavy atom. The van der Waals surface area contributed by atoms with Gasteiger partial charge in [0.15, 0.2) is 0 Å². The lowest BCUT2D eigenvalue weighted by Crippen LogP contribution is -2.25. The molecule has 0 spiro atoms. The fourth-order valence-electron chi connectivity index (χ4n) is 3.20. The van der Waals surface area contributed by atoms with E-state index in [1.807, 2.05) is 0 Å². The lowest BCUT2D eigenvalue weighted by molar-refractivity contribution is 0.403. The van der Waals surface area contributed by atoms with Crippen LogP contribution in [0.25, 0.3) is 0 Å². The van der Waals surface area contributed by atoms with Crippen molar-refractivity contribution in [2.45, 2.75) is 71.3 Å². The van der Waals surface area contributed by atoms with Crippen LogP contribution < -0.4 is 5.32 Å². The van der Waals surface area contributed by atoms with Crippen LogP contribution in [0.3, 0.4) is 0 Å². The Hall–Kier alpha value is -0.820. The van der Waals surface area contributed by atoms with Gasteiger partial charge in [-0.1, -0.05) is 63.8 Å². The van der Waals surface area contributed by atoms with Crippen molar-refractivity contribution >= 4 is 0 Å². The van der Waals surface area contributed by atoms with E-state index < -0.39 is 0 Å². The summed E-state index contributed by atoms with van der Waals surface area (Å²) in [7, 11) is 0. The van der Waals surface area contributed by atoms with Crippen LogP contribution in [0.15, 0.2) is 24.3 Å². The fourth-order valence-corrected chi connectivity index (χ4v) is 3.20. The van der Waals surface area contributed by atoms with Gasteiger partial charge < -0.3 is 5.32 Å². The minimum atomic E-state index is 0.472. The molecule has 0 heterocycles. The Labute approximate surface area is 125 Å². The van der Waals surface area contributed by atoms with Gasteiger partial charge in [-0.15, -0.1) is 0 Å². The first-order valence-electron chi connectivity index (χ1n) is 8.50. The molecule has 0 bridgehead atoms. The largest absolute Gasteiger partial charge is 0.310 e. The predicted molar refractivity (Wildman–Crippen MR) is 88.1 cm³/mol. The molecule has 1 nitrogen and oxygen atoms in total. The minimum absolute atomic E-state index is 0.472. The molecule has 112 valence electrons. The summed E-state index contributed by atoms with van der Waals surface area (Å²) >= 11 is 0. The molecule has 1 unspecified atom stereocenters. The van der Waals surface area contributed by atoms with Crippen LogP contribution >= 0.6 is 0 Å². The summed E-state index contributed by atoms with van der Waals surface area (Å²) in [6, 6.07) is 9.62. The topological polar surface area (TPSA) is 12.0 Å². The smallest absolute Gasteiger partial charge is 0.0291 e. The monoisotopic (exact) mass is 273 g/mol. The molecule has 0 radical (unpaired) electrons. The van der Waals surface area contributed by atoms with E-state index in [1.165, 1.54) is 56.2 Å². The molecule has 1 fully saturated rings. The van der Waals surface area contributed by atoms with Crippen LogP contribution in [-0.2, 0) is 0 Å².